The number of carbonyl (C=O) groups excluding carboxylic acids is 1. The average Bonchev–Trinajstić information content (AvgIpc) is 2.46. The van der Waals surface area contributed by atoms with E-state index in [4.69, 9.17) is 4.74 Å². The number of benzene rings is 1. The number of hydrogen-bond donors (Lipinski definition) is 2. The summed E-state index contributed by atoms with van der Waals surface area (Å²) in [5, 5.41) is 5.95. The molecule has 0 aliphatic carbocycles. The summed E-state index contributed by atoms with van der Waals surface area (Å²) in [7, 11) is -0.750. The van der Waals surface area contributed by atoms with Crippen molar-refractivity contribution in [2.24, 2.45) is 11.8 Å². The molecule has 24 heavy (non-hydrogen) atoms. The number of sulfonamides is 1. The Morgan fingerprint density at radius 3 is 2.58 bits per heavy atom. The summed E-state index contributed by atoms with van der Waals surface area (Å²) in [6, 6.07) is 4.68. The molecule has 1 heterocycles. The molecule has 1 aromatic rings. The van der Waals surface area contributed by atoms with Gasteiger partial charge in [-0.25, -0.2) is 12.7 Å². The monoisotopic (exact) mass is 355 g/mol. The van der Waals surface area contributed by atoms with Gasteiger partial charge in [-0.15, -0.1) is 0 Å². The summed E-state index contributed by atoms with van der Waals surface area (Å²) in [6.07, 6.45) is 0. The Labute approximate surface area is 143 Å². The minimum atomic E-state index is -3.67. The minimum absolute atomic E-state index is 0.0464. The highest BCUT2D eigenvalue weighted by Crippen LogP contribution is 2.29. The van der Waals surface area contributed by atoms with Gasteiger partial charge in [0.2, 0.25) is 15.9 Å². The lowest BCUT2D eigenvalue weighted by molar-refractivity contribution is -0.121. The number of anilines is 1. The van der Waals surface area contributed by atoms with E-state index in [1.165, 1.54) is 20.2 Å². The third-order valence-electron chi connectivity index (χ3n) is 4.20. The SMILES string of the molecule is CCOc1ccc(NC(=O)C(C)C2CNC2)cc1S(=O)(=O)N(C)C. The Bertz CT molecular complexity index is 699. The maximum absolute atomic E-state index is 12.5. The van der Waals surface area contributed by atoms with Gasteiger partial charge in [0.15, 0.2) is 0 Å². The lowest BCUT2D eigenvalue weighted by atomic mass is 9.88. The zero-order valence-corrected chi connectivity index (χ0v) is 15.3. The molecule has 1 atom stereocenters. The second-order valence-corrected chi connectivity index (χ2v) is 8.20. The highest BCUT2D eigenvalue weighted by Gasteiger charge is 2.29. The first-order chi connectivity index (χ1) is 11.3. The van der Waals surface area contributed by atoms with Crippen molar-refractivity contribution in [2.75, 3.05) is 39.1 Å². The molecule has 1 aliphatic heterocycles. The van der Waals surface area contributed by atoms with Gasteiger partial charge in [-0.05, 0) is 44.1 Å². The van der Waals surface area contributed by atoms with Gasteiger partial charge < -0.3 is 15.4 Å². The fraction of sp³-hybridized carbons (Fsp3) is 0.562. The third kappa shape index (κ3) is 3.88. The average molecular weight is 355 g/mol. The Balaban J connectivity index is 2.27. The first-order valence-corrected chi connectivity index (χ1v) is 9.42. The standard InChI is InChI=1S/C16H25N3O4S/c1-5-23-14-7-6-13(8-15(14)24(21,22)19(3)4)18-16(20)11(2)12-9-17-10-12/h6-8,11-12,17H,5,9-10H2,1-4H3,(H,18,20). The van der Waals surface area contributed by atoms with Crippen LogP contribution in [0.5, 0.6) is 5.75 Å². The van der Waals surface area contributed by atoms with Gasteiger partial charge >= 0.3 is 0 Å². The van der Waals surface area contributed by atoms with Crippen molar-refractivity contribution in [2.45, 2.75) is 18.7 Å². The predicted octanol–water partition coefficient (Wildman–Crippen LogP) is 1.13. The van der Waals surface area contributed by atoms with Crippen LogP contribution in [0.4, 0.5) is 5.69 Å². The molecule has 0 bridgehead atoms. The van der Waals surface area contributed by atoms with Crippen molar-refractivity contribution >= 4 is 21.6 Å². The predicted molar refractivity (Wildman–Crippen MR) is 92.6 cm³/mol. The normalized spacial score (nSPS) is 16.5. The zero-order valence-electron chi connectivity index (χ0n) is 14.5. The van der Waals surface area contributed by atoms with E-state index in [0.717, 1.165) is 17.4 Å². The van der Waals surface area contributed by atoms with Gasteiger partial charge in [-0.2, -0.15) is 0 Å². The number of rotatable bonds is 7. The van der Waals surface area contributed by atoms with Crippen LogP contribution in [0.2, 0.25) is 0 Å². The maximum Gasteiger partial charge on any atom is 0.246 e. The molecule has 1 unspecified atom stereocenters. The van der Waals surface area contributed by atoms with Crippen molar-refractivity contribution in [1.29, 1.82) is 0 Å². The first kappa shape index (κ1) is 18.7. The zero-order chi connectivity index (χ0) is 17.9. The molecule has 2 N–H and O–H groups in total. The van der Waals surface area contributed by atoms with E-state index in [1.54, 1.807) is 19.1 Å². The maximum atomic E-state index is 12.5. The first-order valence-electron chi connectivity index (χ1n) is 7.98. The number of nitrogens with zero attached hydrogens (tertiary/aromatic N) is 1. The second-order valence-electron chi connectivity index (χ2n) is 6.08. The van der Waals surface area contributed by atoms with Gasteiger partial charge in [0.1, 0.15) is 10.6 Å². The van der Waals surface area contributed by atoms with E-state index in [-0.39, 0.29) is 22.5 Å². The van der Waals surface area contributed by atoms with E-state index < -0.39 is 10.0 Å². The van der Waals surface area contributed by atoms with E-state index >= 15 is 0 Å². The lowest BCUT2D eigenvalue weighted by Gasteiger charge is -2.31. The molecular weight excluding hydrogens is 330 g/mol. The van der Waals surface area contributed by atoms with Crippen molar-refractivity contribution in [3.05, 3.63) is 18.2 Å². The Hall–Kier alpha value is -1.64. The lowest BCUT2D eigenvalue weighted by Crippen LogP contribution is -2.48. The van der Waals surface area contributed by atoms with Crippen LogP contribution in [0.1, 0.15) is 13.8 Å². The Morgan fingerprint density at radius 1 is 1.42 bits per heavy atom. The highest BCUT2D eigenvalue weighted by atomic mass is 32.2. The molecule has 0 aromatic heterocycles. The van der Waals surface area contributed by atoms with Crippen LogP contribution in [0.25, 0.3) is 0 Å². The van der Waals surface area contributed by atoms with Crippen LogP contribution in [-0.4, -0.2) is 52.4 Å². The Kier molecular flexibility index (Phi) is 5.84. The summed E-state index contributed by atoms with van der Waals surface area (Å²) in [5.41, 5.74) is 0.447. The van der Waals surface area contributed by atoms with Crippen LogP contribution in [0.15, 0.2) is 23.1 Å². The molecule has 2 rings (SSSR count). The molecular formula is C16H25N3O4S. The minimum Gasteiger partial charge on any atom is -0.492 e. The molecule has 1 aromatic carbocycles. The molecule has 1 fully saturated rings. The Morgan fingerprint density at radius 2 is 2.08 bits per heavy atom. The number of carbonyl (C=O) groups is 1. The topological polar surface area (TPSA) is 87.7 Å². The largest absolute Gasteiger partial charge is 0.492 e. The molecule has 0 saturated carbocycles. The smallest absolute Gasteiger partial charge is 0.246 e. The fourth-order valence-corrected chi connectivity index (χ4v) is 3.44. The number of hydrogen-bond acceptors (Lipinski definition) is 5. The number of amides is 1. The van der Waals surface area contributed by atoms with Crippen molar-refractivity contribution < 1.29 is 17.9 Å². The fourth-order valence-electron chi connectivity index (χ4n) is 2.39. The van der Waals surface area contributed by atoms with Crippen molar-refractivity contribution in [1.82, 2.24) is 9.62 Å². The van der Waals surface area contributed by atoms with Gasteiger partial charge in [0, 0.05) is 25.7 Å². The molecule has 134 valence electrons. The quantitative estimate of drug-likeness (QED) is 0.765. The van der Waals surface area contributed by atoms with Gasteiger partial charge in [-0.3, -0.25) is 4.79 Å². The van der Waals surface area contributed by atoms with Gasteiger partial charge in [0.25, 0.3) is 0 Å². The van der Waals surface area contributed by atoms with Crippen molar-refractivity contribution in [3.63, 3.8) is 0 Å². The summed E-state index contributed by atoms with van der Waals surface area (Å²) in [4.78, 5) is 12.4. The van der Waals surface area contributed by atoms with Crippen LogP contribution < -0.4 is 15.4 Å². The third-order valence-corrected chi connectivity index (χ3v) is 6.04. The molecule has 8 heteroatoms. The van der Waals surface area contributed by atoms with Crippen LogP contribution in [0.3, 0.4) is 0 Å². The van der Waals surface area contributed by atoms with Crippen LogP contribution >= 0.6 is 0 Å². The molecule has 1 saturated heterocycles. The molecule has 1 aliphatic rings. The molecule has 7 nitrogen and oxygen atoms in total. The van der Waals surface area contributed by atoms with E-state index in [9.17, 15) is 13.2 Å². The molecule has 1 amide bonds. The van der Waals surface area contributed by atoms with E-state index in [2.05, 4.69) is 10.6 Å². The van der Waals surface area contributed by atoms with Crippen LogP contribution in [0, 0.1) is 11.8 Å². The second kappa shape index (κ2) is 7.50. The number of nitrogens with one attached hydrogen (secondary N) is 2. The summed E-state index contributed by atoms with van der Waals surface area (Å²) < 4.78 is 31.5. The van der Waals surface area contributed by atoms with E-state index in [0.29, 0.717) is 18.2 Å². The number of ether oxygens (including phenoxy) is 1. The van der Waals surface area contributed by atoms with E-state index in [1.807, 2.05) is 6.92 Å². The highest BCUT2D eigenvalue weighted by molar-refractivity contribution is 7.89. The van der Waals surface area contributed by atoms with Crippen LogP contribution in [-0.2, 0) is 14.8 Å². The molecule has 0 radical (unpaired) electrons. The van der Waals surface area contributed by atoms with Crippen molar-refractivity contribution in [3.8, 4) is 5.75 Å². The summed E-state index contributed by atoms with van der Waals surface area (Å²) in [5.74, 6) is 0.351. The summed E-state index contributed by atoms with van der Waals surface area (Å²) >= 11 is 0. The summed E-state index contributed by atoms with van der Waals surface area (Å²) in [6.45, 7) is 5.69. The molecule has 0 spiro atoms. The van der Waals surface area contributed by atoms with Gasteiger partial charge in [0.05, 0.1) is 6.61 Å². The van der Waals surface area contributed by atoms with Gasteiger partial charge in [-0.1, -0.05) is 6.92 Å².